The second kappa shape index (κ2) is 38.2. The Balaban J connectivity index is 0.00000112. The van der Waals surface area contributed by atoms with Crippen LogP contribution >= 0.6 is 0 Å². The SMILES string of the molecule is CCCCC1=C(c2ccc(CCCC)cc2)[N+](=[N-])C(c2cccc(CCCC)c2)=C1CCCC.[CH2-]CCCCCCCCCC.[CH2-]CCCCCCCCCC.[Ni+2]. The van der Waals surface area contributed by atoms with Gasteiger partial charge in [-0.1, -0.05) is 194 Å². The van der Waals surface area contributed by atoms with Gasteiger partial charge in [-0.05, 0) is 86.8 Å². The van der Waals surface area contributed by atoms with E-state index in [0.29, 0.717) is 0 Å². The topological polar surface area (TPSA) is 25.3 Å². The molecule has 2 aromatic rings. The monoisotopic (exact) mass is 825 g/mol. The summed E-state index contributed by atoms with van der Waals surface area (Å²) in [4.78, 5) is 0. The Bertz CT molecular complexity index is 1270. The smallest absolute Gasteiger partial charge is 0.493 e. The van der Waals surface area contributed by atoms with Gasteiger partial charge < -0.3 is 19.4 Å². The van der Waals surface area contributed by atoms with Crippen molar-refractivity contribution < 1.29 is 21.2 Å². The summed E-state index contributed by atoms with van der Waals surface area (Å²) in [6.07, 6.45) is 38.5. The Morgan fingerprint density at radius 3 is 1.19 bits per heavy atom. The van der Waals surface area contributed by atoms with Gasteiger partial charge in [-0.25, -0.2) is 4.70 Å². The fourth-order valence-corrected chi connectivity index (χ4v) is 7.58. The van der Waals surface area contributed by atoms with Crippen LogP contribution in [0.4, 0.5) is 0 Å². The third-order valence-electron chi connectivity index (χ3n) is 11.2. The summed E-state index contributed by atoms with van der Waals surface area (Å²) in [6.45, 7) is 21.2. The van der Waals surface area contributed by atoms with Crippen LogP contribution in [0.1, 0.15) is 244 Å². The summed E-state index contributed by atoms with van der Waals surface area (Å²) in [5.74, 6) is 0. The van der Waals surface area contributed by atoms with Crippen LogP contribution in [0.5, 0.6) is 0 Å². The normalized spacial score (nSPS) is 12.3. The van der Waals surface area contributed by atoms with Gasteiger partial charge in [0.2, 0.25) is 11.4 Å². The van der Waals surface area contributed by atoms with E-state index in [1.165, 1.54) is 155 Å². The van der Waals surface area contributed by atoms with Crippen LogP contribution in [0, 0.1) is 13.8 Å². The summed E-state index contributed by atoms with van der Waals surface area (Å²) in [6, 6.07) is 17.8. The van der Waals surface area contributed by atoms with Gasteiger partial charge in [0.25, 0.3) is 0 Å². The van der Waals surface area contributed by atoms with E-state index < -0.39 is 0 Å². The molecule has 1 aliphatic rings. The Hall–Kier alpha value is -1.99. The van der Waals surface area contributed by atoms with Crippen LogP contribution in [0.2, 0.25) is 0 Å². The largest absolute Gasteiger partial charge is 2.00 e. The van der Waals surface area contributed by atoms with E-state index in [1.54, 1.807) is 0 Å². The molecule has 1 heterocycles. The van der Waals surface area contributed by atoms with Crippen molar-refractivity contribution in [3.8, 4) is 0 Å². The first-order valence-corrected chi connectivity index (χ1v) is 24.2. The molecule has 3 heteroatoms. The Labute approximate surface area is 366 Å². The first-order chi connectivity index (χ1) is 27.5. The molecule has 3 rings (SSSR count). The van der Waals surface area contributed by atoms with Crippen LogP contribution in [-0.4, -0.2) is 4.70 Å². The third kappa shape index (κ3) is 24.0. The number of nitrogens with zero attached hydrogens (tertiary/aromatic N) is 2. The van der Waals surface area contributed by atoms with Crippen LogP contribution in [-0.2, 0) is 29.3 Å². The Morgan fingerprint density at radius 1 is 0.404 bits per heavy atom. The molecule has 2 aromatic carbocycles. The Morgan fingerprint density at radius 2 is 0.772 bits per heavy atom. The minimum absolute atomic E-state index is 0. The molecule has 0 radical (unpaired) electrons. The fourth-order valence-electron chi connectivity index (χ4n) is 7.58. The van der Waals surface area contributed by atoms with Gasteiger partial charge in [0.1, 0.15) is 0 Å². The Kier molecular flexibility index (Phi) is 36.9. The van der Waals surface area contributed by atoms with E-state index in [-0.39, 0.29) is 16.5 Å². The molecule has 57 heavy (non-hydrogen) atoms. The standard InChI is InChI=1S/C32H44N2.2C11H23.Ni/c1-5-9-14-25-20-22-27(23-21-25)31-29(18-11-7-3)30(19-12-8-4)32(34(31)33)28-17-13-16-26(24-28)15-10-6-2;2*1-3-5-7-9-11-10-8-6-4-2;/h13,16-17,20-24H,5-12,14-15,18-19H2,1-4H3;2*1,3-11H2,2H3;/q;2*-1;+2. The van der Waals surface area contributed by atoms with Crippen molar-refractivity contribution in [3.05, 3.63) is 101 Å². The molecule has 326 valence electrons. The van der Waals surface area contributed by atoms with E-state index >= 15 is 0 Å². The zero-order valence-corrected chi connectivity index (χ0v) is 39.4. The number of hydrogen-bond acceptors (Lipinski definition) is 0. The number of hydrogen-bond donors (Lipinski definition) is 0. The maximum atomic E-state index is 11.7. The summed E-state index contributed by atoms with van der Waals surface area (Å²) >= 11 is 0. The molecule has 0 fully saturated rings. The molecule has 0 bridgehead atoms. The molecule has 0 saturated carbocycles. The second-order valence-electron chi connectivity index (χ2n) is 16.4. The maximum Gasteiger partial charge on any atom is 2.00 e. The van der Waals surface area contributed by atoms with E-state index in [9.17, 15) is 5.53 Å². The van der Waals surface area contributed by atoms with Crippen molar-refractivity contribution in [2.75, 3.05) is 0 Å². The summed E-state index contributed by atoms with van der Waals surface area (Å²) < 4.78 is 1.52. The zero-order valence-electron chi connectivity index (χ0n) is 38.5. The first-order valence-electron chi connectivity index (χ1n) is 24.2. The quantitative estimate of drug-likeness (QED) is 0.0325. The van der Waals surface area contributed by atoms with Crippen LogP contribution in [0.15, 0.2) is 59.7 Å². The number of allylic oxidation sites excluding steroid dienone is 2. The molecule has 0 aromatic heterocycles. The number of rotatable bonds is 30. The molecule has 0 atom stereocenters. The molecule has 0 amide bonds. The maximum absolute atomic E-state index is 11.7. The van der Waals surface area contributed by atoms with Gasteiger partial charge in [-0.15, -0.1) is 0 Å². The van der Waals surface area contributed by atoms with Gasteiger partial charge in [0.15, 0.2) is 0 Å². The molecule has 0 N–H and O–H groups in total. The minimum atomic E-state index is 0. The first kappa shape index (κ1) is 55.0. The molecule has 2 nitrogen and oxygen atoms in total. The molecular formula is C54H90N2Ni. The third-order valence-corrected chi connectivity index (χ3v) is 11.2. The van der Waals surface area contributed by atoms with Crippen LogP contribution < -0.4 is 0 Å². The number of aryl methyl sites for hydroxylation is 2. The van der Waals surface area contributed by atoms with E-state index in [0.717, 1.165) is 86.7 Å². The van der Waals surface area contributed by atoms with Crippen molar-refractivity contribution in [2.24, 2.45) is 0 Å². The van der Waals surface area contributed by atoms with Crippen molar-refractivity contribution in [1.29, 1.82) is 0 Å². The van der Waals surface area contributed by atoms with Crippen molar-refractivity contribution >= 4 is 11.4 Å². The van der Waals surface area contributed by atoms with Gasteiger partial charge in [-0.2, -0.15) is 12.8 Å². The fraction of sp³-hybridized carbons (Fsp3) is 0.667. The van der Waals surface area contributed by atoms with Gasteiger partial charge >= 0.3 is 16.5 Å². The van der Waals surface area contributed by atoms with Crippen molar-refractivity contribution in [3.63, 3.8) is 0 Å². The van der Waals surface area contributed by atoms with Crippen molar-refractivity contribution in [2.45, 2.75) is 234 Å². The van der Waals surface area contributed by atoms with E-state index in [1.807, 2.05) is 0 Å². The molecule has 0 aliphatic carbocycles. The van der Waals surface area contributed by atoms with Gasteiger partial charge in [0.05, 0.1) is 0 Å². The average Bonchev–Trinajstić information content (AvgIpc) is 3.50. The van der Waals surface area contributed by atoms with Crippen molar-refractivity contribution in [1.82, 2.24) is 0 Å². The van der Waals surface area contributed by atoms with Gasteiger partial charge in [0, 0.05) is 22.3 Å². The van der Waals surface area contributed by atoms with Crippen LogP contribution in [0.3, 0.4) is 0 Å². The summed E-state index contributed by atoms with van der Waals surface area (Å²) in [5.41, 5.74) is 21.4. The molecule has 0 saturated heterocycles. The predicted molar refractivity (Wildman–Crippen MR) is 252 cm³/mol. The molecule has 0 spiro atoms. The second-order valence-corrected chi connectivity index (χ2v) is 16.4. The number of benzene rings is 2. The van der Waals surface area contributed by atoms with E-state index in [4.69, 9.17) is 0 Å². The predicted octanol–water partition coefficient (Wildman–Crippen LogP) is 18.6. The molecular weight excluding hydrogens is 735 g/mol. The number of unbranched alkanes of at least 4 members (excludes halogenated alkanes) is 20. The summed E-state index contributed by atoms with van der Waals surface area (Å²) in [7, 11) is 0. The molecule has 0 unspecified atom stereocenters. The van der Waals surface area contributed by atoms with Crippen LogP contribution in [0.25, 0.3) is 16.9 Å². The average molecular weight is 826 g/mol. The van der Waals surface area contributed by atoms with E-state index in [2.05, 4.69) is 104 Å². The molecule has 1 aliphatic heterocycles. The van der Waals surface area contributed by atoms with Gasteiger partial charge in [-0.3, -0.25) is 0 Å². The zero-order chi connectivity index (χ0) is 41.1. The summed E-state index contributed by atoms with van der Waals surface area (Å²) in [5, 5.41) is 0. The minimum Gasteiger partial charge on any atom is -0.493 e.